The van der Waals surface area contributed by atoms with E-state index >= 15 is 0 Å². The summed E-state index contributed by atoms with van der Waals surface area (Å²) in [4.78, 5) is 27.8. The first-order chi connectivity index (χ1) is 14.0. The number of carbonyl (C=O) groups is 2. The van der Waals surface area contributed by atoms with E-state index in [9.17, 15) is 14.9 Å². The lowest BCUT2D eigenvalue weighted by molar-refractivity contribution is -0.143. The van der Waals surface area contributed by atoms with E-state index in [-0.39, 0.29) is 11.5 Å². The number of amides is 1. The van der Waals surface area contributed by atoms with Crippen LogP contribution in [0.15, 0.2) is 59.0 Å². The van der Waals surface area contributed by atoms with Crippen LogP contribution in [0.25, 0.3) is 6.08 Å². The molecule has 2 aromatic carbocycles. The molecule has 29 heavy (non-hydrogen) atoms. The first-order valence-corrected chi connectivity index (χ1v) is 10.3. The van der Waals surface area contributed by atoms with Crippen LogP contribution in [0.4, 0.5) is 5.69 Å². The van der Waals surface area contributed by atoms with Crippen molar-refractivity contribution in [1.82, 2.24) is 0 Å². The van der Waals surface area contributed by atoms with Crippen molar-refractivity contribution < 1.29 is 14.3 Å². The number of carbonyl (C=O) groups excluding carboxylic acids is 2. The first-order valence-electron chi connectivity index (χ1n) is 9.39. The number of benzene rings is 2. The van der Waals surface area contributed by atoms with Crippen molar-refractivity contribution in [2.24, 2.45) is 0 Å². The summed E-state index contributed by atoms with van der Waals surface area (Å²) < 4.78 is 5.16. The van der Waals surface area contributed by atoms with Gasteiger partial charge in [-0.15, -0.1) is 11.8 Å². The molecule has 1 aliphatic heterocycles. The van der Waals surface area contributed by atoms with Gasteiger partial charge >= 0.3 is 5.97 Å². The van der Waals surface area contributed by atoms with Crippen LogP contribution in [0, 0.1) is 18.3 Å². The van der Waals surface area contributed by atoms with E-state index in [1.54, 1.807) is 16.7 Å². The highest BCUT2D eigenvalue weighted by atomic mass is 32.2. The lowest BCUT2D eigenvalue weighted by atomic mass is 10.1. The Balaban J connectivity index is 1.69. The van der Waals surface area contributed by atoms with Crippen molar-refractivity contribution in [2.75, 3.05) is 18.1 Å². The number of thioether (sulfide) groups is 1. The van der Waals surface area contributed by atoms with E-state index in [0.717, 1.165) is 28.1 Å². The molecular weight excluding hydrogens is 384 g/mol. The first kappa shape index (κ1) is 20.7. The fraction of sp³-hybridized carbons (Fsp3) is 0.261. The lowest BCUT2D eigenvalue weighted by Crippen LogP contribution is -2.36. The molecule has 1 amide bonds. The topological polar surface area (TPSA) is 70.4 Å². The van der Waals surface area contributed by atoms with Gasteiger partial charge in [-0.3, -0.25) is 4.79 Å². The monoisotopic (exact) mass is 406 g/mol. The Morgan fingerprint density at radius 3 is 2.69 bits per heavy atom. The Morgan fingerprint density at radius 2 is 1.97 bits per heavy atom. The molecule has 5 nitrogen and oxygen atoms in total. The van der Waals surface area contributed by atoms with Crippen LogP contribution in [-0.4, -0.2) is 30.3 Å². The van der Waals surface area contributed by atoms with E-state index in [4.69, 9.17) is 4.74 Å². The average Bonchev–Trinajstić information content (AvgIpc) is 2.89. The van der Waals surface area contributed by atoms with Crippen molar-refractivity contribution in [3.63, 3.8) is 0 Å². The van der Waals surface area contributed by atoms with E-state index in [1.807, 2.05) is 61.5 Å². The minimum absolute atomic E-state index is 0.137. The SMILES string of the molecule is Cc1ccc(/C=C(\C#N)C(=O)OCC(=O)N2CC[C@H](C)Sc3ccccc32)cc1. The molecule has 0 aliphatic carbocycles. The summed E-state index contributed by atoms with van der Waals surface area (Å²) in [6.45, 7) is 4.24. The molecule has 0 bridgehead atoms. The summed E-state index contributed by atoms with van der Waals surface area (Å²) in [6.07, 6.45) is 2.31. The Labute approximate surface area is 175 Å². The van der Waals surface area contributed by atoms with Gasteiger partial charge in [0, 0.05) is 16.7 Å². The molecule has 0 N–H and O–H groups in total. The number of esters is 1. The average molecular weight is 407 g/mol. The highest BCUT2D eigenvalue weighted by molar-refractivity contribution is 8.00. The zero-order valence-corrected chi connectivity index (χ0v) is 17.2. The van der Waals surface area contributed by atoms with Crippen molar-refractivity contribution >= 4 is 35.4 Å². The minimum Gasteiger partial charge on any atom is -0.451 e. The Morgan fingerprint density at radius 1 is 1.24 bits per heavy atom. The van der Waals surface area contributed by atoms with Gasteiger partial charge in [0.1, 0.15) is 11.6 Å². The molecule has 0 unspecified atom stereocenters. The van der Waals surface area contributed by atoms with Gasteiger partial charge in [-0.2, -0.15) is 5.26 Å². The maximum atomic E-state index is 12.8. The zero-order chi connectivity index (χ0) is 20.8. The smallest absolute Gasteiger partial charge is 0.349 e. The quantitative estimate of drug-likeness (QED) is 0.429. The molecule has 1 heterocycles. The van der Waals surface area contributed by atoms with E-state index in [0.29, 0.717) is 11.8 Å². The standard InChI is InChI=1S/C23H22N2O3S/c1-16-7-9-18(10-8-16)13-19(14-24)23(27)28-15-22(26)25-12-11-17(2)29-21-6-4-3-5-20(21)25/h3-10,13,17H,11-12,15H2,1-2H3/b19-13+/t17-/m0/s1. The maximum absolute atomic E-state index is 12.8. The van der Waals surface area contributed by atoms with Crippen LogP contribution < -0.4 is 4.90 Å². The third-order valence-electron chi connectivity index (χ3n) is 4.60. The van der Waals surface area contributed by atoms with Gasteiger partial charge in [-0.05, 0) is 37.1 Å². The molecule has 0 saturated heterocycles. The van der Waals surface area contributed by atoms with Crippen molar-refractivity contribution in [1.29, 1.82) is 5.26 Å². The summed E-state index contributed by atoms with van der Waals surface area (Å²) >= 11 is 1.74. The lowest BCUT2D eigenvalue weighted by Gasteiger charge is -2.22. The number of fused-ring (bicyclic) bond motifs is 1. The molecule has 1 atom stereocenters. The van der Waals surface area contributed by atoms with Crippen LogP contribution in [0.5, 0.6) is 0 Å². The number of anilines is 1. The highest BCUT2D eigenvalue weighted by Gasteiger charge is 2.25. The van der Waals surface area contributed by atoms with E-state index in [1.165, 1.54) is 6.08 Å². The summed E-state index contributed by atoms with van der Waals surface area (Å²) in [6, 6.07) is 17.0. The molecule has 3 rings (SSSR count). The van der Waals surface area contributed by atoms with Crippen LogP contribution >= 0.6 is 11.8 Å². The number of hydrogen-bond donors (Lipinski definition) is 0. The largest absolute Gasteiger partial charge is 0.451 e. The van der Waals surface area contributed by atoms with Crippen LogP contribution in [-0.2, 0) is 14.3 Å². The van der Waals surface area contributed by atoms with Gasteiger partial charge in [0.15, 0.2) is 6.61 Å². The summed E-state index contributed by atoms with van der Waals surface area (Å²) in [7, 11) is 0. The van der Waals surface area contributed by atoms with Gasteiger partial charge in [0.25, 0.3) is 5.91 Å². The summed E-state index contributed by atoms with van der Waals surface area (Å²) in [5, 5.41) is 9.69. The van der Waals surface area contributed by atoms with Crippen molar-refractivity contribution in [2.45, 2.75) is 30.4 Å². The fourth-order valence-corrected chi connectivity index (χ4v) is 4.11. The third-order valence-corrected chi connectivity index (χ3v) is 5.84. The summed E-state index contributed by atoms with van der Waals surface area (Å²) in [5.41, 5.74) is 2.50. The Bertz CT molecular complexity index is 976. The molecule has 1 aliphatic rings. The number of nitrogens with zero attached hydrogens (tertiary/aromatic N) is 2. The normalized spacial score (nSPS) is 16.4. The van der Waals surface area contributed by atoms with Crippen LogP contribution in [0.3, 0.4) is 0 Å². The number of aryl methyl sites for hydroxylation is 1. The molecule has 0 spiro atoms. The van der Waals surface area contributed by atoms with Crippen LogP contribution in [0.1, 0.15) is 24.5 Å². The van der Waals surface area contributed by atoms with E-state index in [2.05, 4.69) is 6.92 Å². The Kier molecular flexibility index (Phi) is 6.73. The molecule has 0 aromatic heterocycles. The second-order valence-corrected chi connectivity index (χ2v) is 8.37. The van der Waals surface area contributed by atoms with Crippen molar-refractivity contribution in [3.8, 4) is 6.07 Å². The molecule has 6 heteroatoms. The van der Waals surface area contributed by atoms with Gasteiger partial charge in [0.05, 0.1) is 5.69 Å². The predicted molar refractivity (Wildman–Crippen MR) is 114 cm³/mol. The number of rotatable bonds is 4. The second-order valence-electron chi connectivity index (χ2n) is 6.89. The van der Waals surface area contributed by atoms with Gasteiger partial charge in [-0.25, -0.2) is 4.79 Å². The number of nitriles is 1. The molecule has 0 saturated carbocycles. The number of hydrogen-bond acceptors (Lipinski definition) is 5. The second kappa shape index (κ2) is 9.44. The van der Waals surface area contributed by atoms with Crippen molar-refractivity contribution in [3.05, 3.63) is 65.2 Å². The molecular formula is C23H22N2O3S. The zero-order valence-electron chi connectivity index (χ0n) is 16.4. The summed E-state index contributed by atoms with van der Waals surface area (Å²) in [5.74, 6) is -1.10. The third kappa shape index (κ3) is 5.27. The fourth-order valence-electron chi connectivity index (χ4n) is 3.00. The predicted octanol–water partition coefficient (Wildman–Crippen LogP) is 4.36. The maximum Gasteiger partial charge on any atom is 0.349 e. The van der Waals surface area contributed by atoms with Gasteiger partial charge in [-0.1, -0.05) is 48.9 Å². The molecule has 0 fully saturated rings. The highest BCUT2D eigenvalue weighted by Crippen LogP contribution is 2.37. The number of para-hydroxylation sites is 1. The number of ether oxygens (including phenoxy) is 1. The van der Waals surface area contributed by atoms with E-state index < -0.39 is 12.6 Å². The van der Waals surface area contributed by atoms with Gasteiger partial charge in [0.2, 0.25) is 0 Å². The molecule has 2 aromatic rings. The molecule has 148 valence electrons. The Hall–Kier alpha value is -3.04. The minimum atomic E-state index is -0.799. The van der Waals surface area contributed by atoms with Gasteiger partial charge < -0.3 is 9.64 Å². The molecule has 0 radical (unpaired) electrons. The van der Waals surface area contributed by atoms with Crippen LogP contribution in [0.2, 0.25) is 0 Å².